The lowest BCUT2D eigenvalue weighted by atomic mass is 10.0. The van der Waals surface area contributed by atoms with Crippen molar-refractivity contribution in [2.75, 3.05) is 6.54 Å². The highest BCUT2D eigenvalue weighted by Gasteiger charge is 2.25. The Morgan fingerprint density at radius 1 is 1.35 bits per heavy atom. The molecule has 0 bridgehead atoms. The van der Waals surface area contributed by atoms with Gasteiger partial charge >= 0.3 is 5.97 Å². The van der Waals surface area contributed by atoms with Crippen molar-refractivity contribution < 1.29 is 14.7 Å². The molecule has 0 aromatic heterocycles. The molecule has 0 aliphatic rings. The number of carboxylic acid groups (broad SMARTS) is 1. The lowest BCUT2D eigenvalue weighted by Crippen LogP contribution is -2.33. The van der Waals surface area contributed by atoms with Crippen LogP contribution < -0.4 is 0 Å². The fourth-order valence-electron chi connectivity index (χ4n) is 1.96. The molecule has 0 heterocycles. The van der Waals surface area contributed by atoms with Gasteiger partial charge in [0.25, 0.3) is 0 Å². The first-order chi connectivity index (χ1) is 7.99. The Kier molecular flexibility index (Phi) is 4.26. The summed E-state index contributed by atoms with van der Waals surface area (Å²) in [5.41, 5.74) is 2.63. The largest absolute Gasteiger partial charge is 0.479 e. The maximum Gasteiger partial charge on any atom is 0.331 e. The first-order valence-corrected chi connectivity index (χ1v) is 5.51. The number of hydrogen-bond donors (Lipinski definition) is 1. The molecule has 0 saturated heterocycles. The van der Waals surface area contributed by atoms with E-state index in [1.165, 1.54) is 4.90 Å². The van der Waals surface area contributed by atoms with E-state index in [1.807, 2.05) is 19.9 Å². The average molecular weight is 235 g/mol. The molecule has 0 spiro atoms. The Hall–Kier alpha value is -1.84. The zero-order valence-electron chi connectivity index (χ0n) is 10.3. The molecule has 0 aliphatic heterocycles. The number of benzene rings is 1. The van der Waals surface area contributed by atoms with E-state index in [9.17, 15) is 14.7 Å². The van der Waals surface area contributed by atoms with Crippen LogP contribution in [0.25, 0.3) is 0 Å². The highest BCUT2D eigenvalue weighted by Crippen LogP contribution is 2.22. The molecular formula is C13H17NO3. The minimum atomic E-state index is -1.01. The smallest absolute Gasteiger partial charge is 0.331 e. The van der Waals surface area contributed by atoms with Crippen LogP contribution in [0.2, 0.25) is 0 Å². The van der Waals surface area contributed by atoms with Crippen LogP contribution in [0.4, 0.5) is 0 Å². The summed E-state index contributed by atoms with van der Waals surface area (Å²) < 4.78 is 0. The highest BCUT2D eigenvalue weighted by atomic mass is 16.4. The zero-order valence-corrected chi connectivity index (χ0v) is 10.3. The minimum absolute atomic E-state index is 0.369. The van der Waals surface area contributed by atoms with Crippen molar-refractivity contribution in [1.29, 1.82) is 0 Å². The fourth-order valence-corrected chi connectivity index (χ4v) is 1.96. The van der Waals surface area contributed by atoms with Gasteiger partial charge in [-0.2, -0.15) is 0 Å². The lowest BCUT2D eigenvalue weighted by Gasteiger charge is -2.24. The first-order valence-electron chi connectivity index (χ1n) is 5.51. The standard InChI is InChI=1S/C13H17NO3/c1-4-14(8-15)12(13(16)17)11-6-9(2)5-10(3)7-11/h5-8,12H,4H2,1-3H3,(H,16,17). The molecule has 92 valence electrons. The molecule has 1 rings (SSSR count). The molecular weight excluding hydrogens is 218 g/mol. The number of hydrogen-bond acceptors (Lipinski definition) is 2. The number of likely N-dealkylation sites (N-methyl/N-ethyl adjacent to an activating group) is 1. The summed E-state index contributed by atoms with van der Waals surface area (Å²) in [7, 11) is 0. The fraction of sp³-hybridized carbons (Fsp3) is 0.385. The van der Waals surface area contributed by atoms with Gasteiger partial charge in [-0.1, -0.05) is 29.3 Å². The van der Waals surface area contributed by atoms with Gasteiger partial charge in [0.1, 0.15) is 0 Å². The van der Waals surface area contributed by atoms with E-state index in [4.69, 9.17) is 0 Å². The topological polar surface area (TPSA) is 57.6 Å². The summed E-state index contributed by atoms with van der Waals surface area (Å²) in [5.74, 6) is -1.01. The van der Waals surface area contributed by atoms with Gasteiger partial charge in [-0.3, -0.25) is 4.79 Å². The molecule has 1 atom stereocenters. The van der Waals surface area contributed by atoms with E-state index >= 15 is 0 Å². The summed E-state index contributed by atoms with van der Waals surface area (Å²) in [6.07, 6.45) is 0.580. The minimum Gasteiger partial charge on any atom is -0.479 e. The Bertz CT molecular complexity index is 408. The third-order valence-electron chi connectivity index (χ3n) is 2.63. The average Bonchev–Trinajstić information content (AvgIpc) is 2.23. The second-order valence-corrected chi connectivity index (χ2v) is 4.10. The molecule has 1 unspecified atom stereocenters. The van der Waals surface area contributed by atoms with Crippen molar-refractivity contribution in [1.82, 2.24) is 4.90 Å². The number of rotatable bonds is 5. The van der Waals surface area contributed by atoms with Crippen LogP contribution in [0.5, 0.6) is 0 Å². The summed E-state index contributed by atoms with van der Waals surface area (Å²) in [4.78, 5) is 23.4. The molecule has 17 heavy (non-hydrogen) atoms. The van der Waals surface area contributed by atoms with Gasteiger partial charge in [-0.25, -0.2) is 4.79 Å². The quantitative estimate of drug-likeness (QED) is 0.793. The van der Waals surface area contributed by atoms with Crippen LogP contribution in [0.1, 0.15) is 29.7 Å². The van der Waals surface area contributed by atoms with Crippen molar-refractivity contribution in [3.05, 3.63) is 34.9 Å². The van der Waals surface area contributed by atoms with Crippen LogP contribution in [-0.4, -0.2) is 28.9 Å². The number of aliphatic carboxylic acids is 1. The van der Waals surface area contributed by atoms with Crippen molar-refractivity contribution in [3.8, 4) is 0 Å². The van der Waals surface area contributed by atoms with E-state index in [2.05, 4.69) is 0 Å². The Morgan fingerprint density at radius 2 is 1.88 bits per heavy atom. The van der Waals surface area contributed by atoms with Crippen LogP contribution in [0.3, 0.4) is 0 Å². The number of amides is 1. The number of carbonyl (C=O) groups is 2. The van der Waals surface area contributed by atoms with E-state index < -0.39 is 12.0 Å². The van der Waals surface area contributed by atoms with Crippen LogP contribution >= 0.6 is 0 Å². The van der Waals surface area contributed by atoms with E-state index in [0.29, 0.717) is 18.5 Å². The molecule has 0 saturated carbocycles. The van der Waals surface area contributed by atoms with Gasteiger partial charge in [-0.15, -0.1) is 0 Å². The van der Waals surface area contributed by atoms with Crippen LogP contribution in [-0.2, 0) is 9.59 Å². The summed E-state index contributed by atoms with van der Waals surface area (Å²) in [6, 6.07) is 4.67. The maximum atomic E-state index is 11.3. The van der Waals surface area contributed by atoms with E-state index in [1.54, 1.807) is 19.1 Å². The number of aryl methyl sites for hydroxylation is 2. The number of nitrogens with zero attached hydrogens (tertiary/aromatic N) is 1. The Labute approximate surface area is 101 Å². The van der Waals surface area contributed by atoms with Crippen molar-refractivity contribution in [3.63, 3.8) is 0 Å². The molecule has 0 aliphatic carbocycles. The number of carbonyl (C=O) groups excluding carboxylic acids is 1. The van der Waals surface area contributed by atoms with E-state index in [-0.39, 0.29) is 0 Å². The molecule has 1 amide bonds. The summed E-state index contributed by atoms with van der Waals surface area (Å²) >= 11 is 0. The van der Waals surface area contributed by atoms with E-state index in [0.717, 1.165) is 11.1 Å². The molecule has 4 nitrogen and oxygen atoms in total. The lowest BCUT2D eigenvalue weighted by molar-refractivity contribution is -0.146. The van der Waals surface area contributed by atoms with Gasteiger partial charge in [0.15, 0.2) is 6.04 Å². The SMILES string of the molecule is CCN(C=O)C(C(=O)O)c1cc(C)cc(C)c1. The highest BCUT2D eigenvalue weighted by molar-refractivity contribution is 5.78. The van der Waals surface area contributed by atoms with Crippen molar-refractivity contribution in [2.24, 2.45) is 0 Å². The molecule has 0 fully saturated rings. The third-order valence-corrected chi connectivity index (χ3v) is 2.63. The maximum absolute atomic E-state index is 11.3. The molecule has 1 aromatic rings. The summed E-state index contributed by atoms with van der Waals surface area (Å²) in [6.45, 7) is 5.94. The Balaban J connectivity index is 3.22. The van der Waals surface area contributed by atoms with Gasteiger partial charge < -0.3 is 10.0 Å². The normalized spacial score (nSPS) is 11.9. The predicted molar refractivity (Wildman–Crippen MR) is 64.7 cm³/mol. The van der Waals surface area contributed by atoms with Gasteiger partial charge in [0.05, 0.1) is 0 Å². The monoisotopic (exact) mass is 235 g/mol. The van der Waals surface area contributed by atoms with Crippen LogP contribution in [0.15, 0.2) is 18.2 Å². The molecule has 0 radical (unpaired) electrons. The molecule has 1 N–H and O–H groups in total. The Morgan fingerprint density at radius 3 is 2.24 bits per heavy atom. The zero-order chi connectivity index (χ0) is 13.0. The molecule has 1 aromatic carbocycles. The second kappa shape index (κ2) is 5.48. The molecule has 4 heteroatoms. The second-order valence-electron chi connectivity index (χ2n) is 4.10. The van der Waals surface area contributed by atoms with Gasteiger partial charge in [0.2, 0.25) is 6.41 Å². The number of carboxylic acids is 1. The summed E-state index contributed by atoms with van der Waals surface area (Å²) in [5, 5.41) is 9.24. The van der Waals surface area contributed by atoms with Crippen molar-refractivity contribution in [2.45, 2.75) is 26.8 Å². The van der Waals surface area contributed by atoms with Crippen molar-refractivity contribution >= 4 is 12.4 Å². The predicted octanol–water partition coefficient (Wildman–Crippen LogP) is 1.91. The third kappa shape index (κ3) is 3.06. The van der Waals surface area contributed by atoms with Gasteiger partial charge in [-0.05, 0) is 26.3 Å². The first kappa shape index (κ1) is 13.2. The van der Waals surface area contributed by atoms with Gasteiger partial charge in [0, 0.05) is 6.54 Å². The van der Waals surface area contributed by atoms with Crippen LogP contribution in [0, 0.1) is 13.8 Å².